The molecule has 0 spiro atoms. The summed E-state index contributed by atoms with van der Waals surface area (Å²) in [5.74, 6) is 0.753. The first-order valence-corrected chi connectivity index (χ1v) is 8.22. The summed E-state index contributed by atoms with van der Waals surface area (Å²) in [4.78, 5) is 27.2. The summed E-state index contributed by atoms with van der Waals surface area (Å²) in [6.45, 7) is 3.20. The molecule has 2 saturated heterocycles. The van der Waals surface area contributed by atoms with Crippen LogP contribution in [-0.2, 0) is 9.53 Å². The number of ketones is 1. The number of aryl methyl sites for hydroxylation is 1. The van der Waals surface area contributed by atoms with Gasteiger partial charge in [0, 0.05) is 18.7 Å². The minimum absolute atomic E-state index is 0.0135. The van der Waals surface area contributed by atoms with Crippen LogP contribution in [0.5, 0.6) is 5.75 Å². The Labute approximate surface area is 136 Å². The Morgan fingerprint density at radius 1 is 1.26 bits per heavy atom. The molecule has 0 saturated carbocycles. The van der Waals surface area contributed by atoms with Crippen molar-refractivity contribution in [3.8, 4) is 5.75 Å². The van der Waals surface area contributed by atoms with Gasteiger partial charge in [-0.25, -0.2) is 0 Å². The summed E-state index contributed by atoms with van der Waals surface area (Å²) < 4.78 is 10.7. The number of carbonyl (C=O) groups excluding carboxylic acids is 2. The zero-order chi connectivity index (χ0) is 16.4. The maximum Gasteiger partial charge on any atom is 0.252 e. The maximum absolute atomic E-state index is 12.9. The van der Waals surface area contributed by atoms with Crippen molar-refractivity contribution >= 4 is 11.7 Å². The summed E-state index contributed by atoms with van der Waals surface area (Å²) in [7, 11) is 1.61. The molecule has 2 aliphatic rings. The molecule has 5 heteroatoms. The number of Topliss-reactive ketones (excluding diaryl/α,β-unsaturated/α-hetero) is 1. The fraction of sp³-hybridized carbons (Fsp3) is 0.556. The largest absolute Gasteiger partial charge is 0.496 e. The van der Waals surface area contributed by atoms with E-state index >= 15 is 0 Å². The Hall–Kier alpha value is -1.88. The lowest BCUT2D eigenvalue weighted by molar-refractivity contribution is -0.141. The quantitative estimate of drug-likeness (QED) is 0.800. The molecule has 2 fully saturated rings. The van der Waals surface area contributed by atoms with E-state index in [1.54, 1.807) is 18.1 Å². The van der Waals surface area contributed by atoms with Gasteiger partial charge in [-0.3, -0.25) is 9.59 Å². The van der Waals surface area contributed by atoms with Crippen molar-refractivity contribution < 1.29 is 19.1 Å². The first kappa shape index (κ1) is 16.0. The lowest BCUT2D eigenvalue weighted by Crippen LogP contribution is -2.45. The number of hydrogen-bond acceptors (Lipinski definition) is 4. The lowest BCUT2D eigenvalue weighted by atomic mass is 9.99. The van der Waals surface area contributed by atoms with Gasteiger partial charge >= 0.3 is 0 Å². The van der Waals surface area contributed by atoms with Crippen LogP contribution in [0, 0.1) is 6.92 Å². The average molecular weight is 317 g/mol. The van der Waals surface area contributed by atoms with Gasteiger partial charge < -0.3 is 14.4 Å². The van der Waals surface area contributed by atoms with Crippen LogP contribution in [0.4, 0.5) is 0 Å². The second-order valence-corrected chi connectivity index (χ2v) is 6.24. The second-order valence-electron chi connectivity index (χ2n) is 6.24. The topological polar surface area (TPSA) is 55.8 Å². The van der Waals surface area contributed by atoms with Gasteiger partial charge in [0.1, 0.15) is 11.9 Å². The highest BCUT2D eigenvalue weighted by Crippen LogP contribution is 2.27. The molecule has 3 rings (SSSR count). The van der Waals surface area contributed by atoms with E-state index in [-0.39, 0.29) is 23.8 Å². The lowest BCUT2D eigenvalue weighted by Gasteiger charge is -2.26. The molecular formula is C18H23NO4. The highest BCUT2D eigenvalue weighted by atomic mass is 16.5. The van der Waals surface area contributed by atoms with Crippen molar-refractivity contribution in [1.82, 2.24) is 4.90 Å². The zero-order valence-corrected chi connectivity index (χ0v) is 13.7. The number of likely N-dealkylation sites (tertiary alicyclic amines) is 1. The van der Waals surface area contributed by atoms with Gasteiger partial charge in [0.25, 0.3) is 5.91 Å². The highest BCUT2D eigenvalue weighted by molar-refractivity contribution is 6.02. The minimum Gasteiger partial charge on any atom is -0.496 e. The molecule has 124 valence electrons. The standard InChI is InChI=1S/C18H23NO4/c1-12-11-13(7-8-15(12)22-2)17(20)14-5-3-9-19(14)18(21)16-6-4-10-23-16/h7-8,11,14,16H,3-6,9-10H2,1-2H3. The Balaban J connectivity index is 1.77. The Morgan fingerprint density at radius 3 is 2.74 bits per heavy atom. The number of rotatable bonds is 4. The number of ether oxygens (including phenoxy) is 2. The van der Waals surface area contributed by atoms with Crippen LogP contribution in [0.15, 0.2) is 18.2 Å². The molecular weight excluding hydrogens is 294 g/mol. The molecule has 2 heterocycles. The predicted molar refractivity (Wildman–Crippen MR) is 85.8 cm³/mol. The minimum atomic E-state index is -0.362. The van der Waals surface area contributed by atoms with E-state index in [1.807, 2.05) is 19.1 Å². The van der Waals surface area contributed by atoms with Gasteiger partial charge in [-0.15, -0.1) is 0 Å². The number of amides is 1. The molecule has 2 atom stereocenters. The van der Waals surface area contributed by atoms with Gasteiger partial charge in [-0.1, -0.05) is 0 Å². The van der Waals surface area contributed by atoms with Gasteiger partial charge in [0.05, 0.1) is 13.2 Å². The first-order chi connectivity index (χ1) is 11.1. The van der Waals surface area contributed by atoms with Gasteiger partial charge in [0.2, 0.25) is 0 Å². The molecule has 23 heavy (non-hydrogen) atoms. The van der Waals surface area contributed by atoms with Crippen molar-refractivity contribution in [3.05, 3.63) is 29.3 Å². The fourth-order valence-electron chi connectivity index (χ4n) is 3.48. The first-order valence-electron chi connectivity index (χ1n) is 8.22. The Morgan fingerprint density at radius 2 is 2.09 bits per heavy atom. The molecule has 2 unspecified atom stereocenters. The SMILES string of the molecule is COc1ccc(C(=O)C2CCCN2C(=O)C2CCCO2)cc1C. The third kappa shape index (κ3) is 3.11. The predicted octanol–water partition coefficient (Wildman–Crippen LogP) is 2.36. The molecule has 5 nitrogen and oxygen atoms in total. The van der Waals surface area contributed by atoms with Crippen LogP contribution in [0.25, 0.3) is 0 Å². The van der Waals surface area contributed by atoms with Gasteiger partial charge in [-0.2, -0.15) is 0 Å². The Bertz CT molecular complexity index is 607. The third-order valence-electron chi connectivity index (χ3n) is 4.72. The van der Waals surface area contributed by atoms with Crippen LogP contribution in [0.1, 0.15) is 41.6 Å². The summed E-state index contributed by atoms with van der Waals surface area (Å²) in [5.41, 5.74) is 1.56. The normalized spacial score (nSPS) is 24.0. The van der Waals surface area contributed by atoms with Crippen molar-refractivity contribution in [2.45, 2.75) is 44.8 Å². The molecule has 0 aromatic heterocycles. The number of hydrogen-bond donors (Lipinski definition) is 0. The van der Waals surface area contributed by atoms with E-state index in [0.29, 0.717) is 18.7 Å². The summed E-state index contributed by atoms with van der Waals surface area (Å²) in [6.07, 6.45) is 2.91. The third-order valence-corrected chi connectivity index (χ3v) is 4.72. The molecule has 1 amide bonds. The van der Waals surface area contributed by atoms with Crippen molar-refractivity contribution in [3.63, 3.8) is 0 Å². The van der Waals surface area contributed by atoms with E-state index in [0.717, 1.165) is 37.0 Å². The van der Waals surface area contributed by atoms with Crippen molar-refractivity contribution in [2.75, 3.05) is 20.3 Å². The van der Waals surface area contributed by atoms with Crippen LogP contribution in [0.3, 0.4) is 0 Å². The van der Waals surface area contributed by atoms with Crippen LogP contribution in [-0.4, -0.2) is 49.0 Å². The fourth-order valence-corrected chi connectivity index (χ4v) is 3.48. The van der Waals surface area contributed by atoms with E-state index in [1.165, 1.54) is 0 Å². The van der Waals surface area contributed by atoms with Gasteiger partial charge in [0.15, 0.2) is 5.78 Å². The van der Waals surface area contributed by atoms with Crippen LogP contribution < -0.4 is 4.74 Å². The molecule has 2 aliphatic heterocycles. The van der Waals surface area contributed by atoms with E-state index in [4.69, 9.17) is 9.47 Å². The van der Waals surface area contributed by atoms with Crippen LogP contribution >= 0.6 is 0 Å². The average Bonchev–Trinajstić information content (AvgIpc) is 3.24. The highest BCUT2D eigenvalue weighted by Gasteiger charge is 2.38. The number of carbonyl (C=O) groups is 2. The smallest absolute Gasteiger partial charge is 0.252 e. The van der Waals surface area contributed by atoms with Crippen LogP contribution in [0.2, 0.25) is 0 Å². The molecule has 1 aromatic carbocycles. The maximum atomic E-state index is 12.9. The second kappa shape index (κ2) is 6.71. The van der Waals surface area contributed by atoms with E-state index < -0.39 is 0 Å². The number of nitrogens with zero attached hydrogens (tertiary/aromatic N) is 1. The number of benzene rings is 1. The summed E-state index contributed by atoms with van der Waals surface area (Å²) >= 11 is 0. The van der Waals surface area contributed by atoms with Gasteiger partial charge in [-0.05, 0) is 56.4 Å². The van der Waals surface area contributed by atoms with Crippen molar-refractivity contribution in [1.29, 1.82) is 0 Å². The summed E-state index contributed by atoms with van der Waals surface area (Å²) in [5, 5.41) is 0. The zero-order valence-electron chi connectivity index (χ0n) is 13.7. The molecule has 0 N–H and O–H groups in total. The van der Waals surface area contributed by atoms with E-state index in [9.17, 15) is 9.59 Å². The molecule has 0 bridgehead atoms. The molecule has 0 radical (unpaired) electrons. The number of methoxy groups -OCH3 is 1. The summed E-state index contributed by atoms with van der Waals surface area (Å²) in [6, 6.07) is 5.07. The molecule has 1 aromatic rings. The monoisotopic (exact) mass is 317 g/mol. The molecule has 0 aliphatic carbocycles. The van der Waals surface area contributed by atoms with Crippen molar-refractivity contribution in [2.24, 2.45) is 0 Å². The van der Waals surface area contributed by atoms with E-state index in [2.05, 4.69) is 0 Å². The Kier molecular flexibility index (Phi) is 4.66.